The minimum Gasteiger partial charge on any atom is -0.358 e. The van der Waals surface area contributed by atoms with E-state index < -0.39 is 27.6 Å². The summed E-state index contributed by atoms with van der Waals surface area (Å²) < 4.78 is 63.4. The molecule has 10 heteroatoms. The van der Waals surface area contributed by atoms with E-state index in [0.29, 0.717) is 16.8 Å². The van der Waals surface area contributed by atoms with Crippen LogP contribution in [0.1, 0.15) is 42.5 Å². The fraction of sp³-hybridized carbons (Fsp3) is 0.286. The van der Waals surface area contributed by atoms with Crippen molar-refractivity contribution in [2.24, 2.45) is 0 Å². The molecular weight excluding hydrogens is 431 g/mol. The van der Waals surface area contributed by atoms with E-state index in [-0.39, 0.29) is 34.8 Å². The normalized spacial score (nSPS) is 15.7. The summed E-state index contributed by atoms with van der Waals surface area (Å²) in [6, 6.07) is 8.31. The molecule has 31 heavy (non-hydrogen) atoms. The first-order chi connectivity index (χ1) is 14.4. The number of aromatic nitrogens is 1. The molecule has 6 nitrogen and oxygen atoms in total. The molecule has 0 spiro atoms. The summed E-state index contributed by atoms with van der Waals surface area (Å²) in [5, 5.41) is 12.0. The van der Waals surface area contributed by atoms with Crippen LogP contribution in [0, 0.1) is 11.3 Å². The fourth-order valence-corrected chi connectivity index (χ4v) is 4.60. The molecule has 1 aliphatic rings. The number of alkyl halides is 3. The second kappa shape index (κ2) is 8.15. The van der Waals surface area contributed by atoms with E-state index in [2.05, 4.69) is 10.3 Å². The summed E-state index contributed by atoms with van der Waals surface area (Å²) in [4.78, 5) is 15.9. The monoisotopic (exact) mass is 449 g/mol. The van der Waals surface area contributed by atoms with E-state index in [1.807, 2.05) is 6.07 Å². The minimum absolute atomic E-state index is 0.0612. The second-order valence-electron chi connectivity index (χ2n) is 7.23. The van der Waals surface area contributed by atoms with Crippen LogP contribution in [0.4, 0.5) is 18.9 Å². The first kappa shape index (κ1) is 22.5. The van der Waals surface area contributed by atoms with Gasteiger partial charge in [0.05, 0.1) is 16.5 Å². The van der Waals surface area contributed by atoms with Crippen molar-refractivity contribution in [3.05, 3.63) is 64.6 Å². The molecule has 0 radical (unpaired) electrons. The zero-order valence-corrected chi connectivity index (χ0v) is 17.4. The Bertz CT molecular complexity index is 1230. The van der Waals surface area contributed by atoms with Gasteiger partial charge in [-0.2, -0.15) is 18.4 Å². The molecule has 0 aliphatic heterocycles. The van der Waals surface area contributed by atoms with Gasteiger partial charge in [0.15, 0.2) is 15.6 Å². The number of benzene rings is 1. The van der Waals surface area contributed by atoms with Crippen LogP contribution in [0.15, 0.2) is 52.7 Å². The van der Waals surface area contributed by atoms with Crippen molar-refractivity contribution in [1.82, 2.24) is 4.98 Å². The van der Waals surface area contributed by atoms with Gasteiger partial charge >= 0.3 is 6.18 Å². The molecule has 0 saturated heterocycles. The van der Waals surface area contributed by atoms with Gasteiger partial charge in [-0.25, -0.2) is 8.42 Å². The van der Waals surface area contributed by atoms with Crippen molar-refractivity contribution in [3.63, 3.8) is 0 Å². The van der Waals surface area contributed by atoms with Gasteiger partial charge in [-0.1, -0.05) is 13.0 Å². The van der Waals surface area contributed by atoms with Crippen LogP contribution in [-0.2, 0) is 20.8 Å². The summed E-state index contributed by atoms with van der Waals surface area (Å²) in [6.07, 6.45) is -2.13. The number of sulfone groups is 1. The van der Waals surface area contributed by atoms with Gasteiger partial charge in [0, 0.05) is 41.7 Å². The van der Waals surface area contributed by atoms with Crippen LogP contribution in [0.5, 0.6) is 0 Å². The van der Waals surface area contributed by atoms with Gasteiger partial charge in [-0.3, -0.25) is 9.78 Å². The maximum Gasteiger partial charge on any atom is 0.433 e. The summed E-state index contributed by atoms with van der Waals surface area (Å²) in [5.41, 5.74) is 0.304. The fourth-order valence-electron chi connectivity index (χ4n) is 3.58. The van der Waals surface area contributed by atoms with E-state index in [9.17, 15) is 26.4 Å². The van der Waals surface area contributed by atoms with Gasteiger partial charge in [-0.05, 0) is 36.2 Å². The lowest BCUT2D eigenvalue weighted by atomic mass is 9.90. The maximum atomic E-state index is 13.0. The number of carbonyl (C=O) groups is 1. The molecule has 1 N–H and O–H groups in total. The highest BCUT2D eigenvalue weighted by Crippen LogP contribution is 2.38. The average molecular weight is 449 g/mol. The predicted molar refractivity (Wildman–Crippen MR) is 107 cm³/mol. The molecule has 0 saturated carbocycles. The third kappa shape index (κ3) is 4.77. The van der Waals surface area contributed by atoms with Crippen molar-refractivity contribution in [2.75, 3.05) is 11.6 Å². The van der Waals surface area contributed by atoms with Crippen LogP contribution in [0.2, 0.25) is 0 Å². The number of hydrogen-bond acceptors (Lipinski definition) is 6. The Morgan fingerprint density at radius 2 is 1.90 bits per heavy atom. The molecule has 0 bridgehead atoms. The summed E-state index contributed by atoms with van der Waals surface area (Å²) >= 11 is 0. The van der Waals surface area contributed by atoms with Crippen molar-refractivity contribution in [3.8, 4) is 6.07 Å². The van der Waals surface area contributed by atoms with Crippen LogP contribution >= 0.6 is 0 Å². The number of allylic oxidation sites excluding steroid dienone is 2. The Labute approximate surface area is 177 Å². The Balaban J connectivity index is 2.06. The SMILES string of the molecule is CC(C1=C(Nc2ccnc(C(F)(F)F)c2)CCC1=O)c1ccc(C#N)cc1S(C)(=O)=O. The van der Waals surface area contributed by atoms with Crippen LogP contribution in [0.25, 0.3) is 0 Å². The topological polar surface area (TPSA) is 99.9 Å². The van der Waals surface area contributed by atoms with E-state index in [0.717, 1.165) is 18.5 Å². The van der Waals surface area contributed by atoms with E-state index >= 15 is 0 Å². The highest BCUT2D eigenvalue weighted by molar-refractivity contribution is 7.90. The number of nitrogens with zero attached hydrogens (tertiary/aromatic N) is 2. The smallest absolute Gasteiger partial charge is 0.358 e. The maximum absolute atomic E-state index is 13.0. The lowest BCUT2D eigenvalue weighted by molar-refractivity contribution is -0.141. The molecule has 0 amide bonds. The van der Waals surface area contributed by atoms with Gasteiger partial charge in [0.2, 0.25) is 0 Å². The van der Waals surface area contributed by atoms with Crippen LogP contribution in [0.3, 0.4) is 0 Å². The zero-order valence-electron chi connectivity index (χ0n) is 16.6. The minimum atomic E-state index is -4.61. The van der Waals surface area contributed by atoms with Crippen molar-refractivity contribution in [2.45, 2.75) is 36.8 Å². The summed E-state index contributed by atoms with van der Waals surface area (Å²) in [7, 11) is -3.70. The van der Waals surface area contributed by atoms with Crippen molar-refractivity contribution >= 4 is 21.3 Å². The van der Waals surface area contributed by atoms with Gasteiger partial charge in [0.25, 0.3) is 0 Å². The highest BCUT2D eigenvalue weighted by Gasteiger charge is 2.34. The van der Waals surface area contributed by atoms with E-state index in [1.165, 1.54) is 24.3 Å². The predicted octanol–water partition coefficient (Wildman–Crippen LogP) is 4.21. The molecule has 0 fully saturated rings. The standard InChI is InChI=1S/C21H18F3N3O3S/c1-12(15-4-3-13(11-25)9-18(15)31(2,29)30)20-16(5-6-17(20)28)27-14-7-8-26-19(10-14)21(22,23)24/h3-4,7-10,12H,5-6H2,1-2H3,(H,26,27). The largest absolute Gasteiger partial charge is 0.433 e. The molecule has 1 heterocycles. The number of halogens is 3. The second-order valence-corrected chi connectivity index (χ2v) is 9.21. The Kier molecular flexibility index (Phi) is 5.91. The number of rotatable bonds is 5. The van der Waals surface area contributed by atoms with Gasteiger partial charge in [0.1, 0.15) is 5.69 Å². The number of hydrogen-bond donors (Lipinski definition) is 1. The number of anilines is 1. The summed E-state index contributed by atoms with van der Waals surface area (Å²) in [6.45, 7) is 1.66. The molecule has 1 atom stereocenters. The average Bonchev–Trinajstić information content (AvgIpc) is 3.05. The first-order valence-corrected chi connectivity index (χ1v) is 11.1. The van der Waals surface area contributed by atoms with Crippen LogP contribution in [-0.4, -0.2) is 25.4 Å². The number of nitriles is 1. The van der Waals surface area contributed by atoms with E-state index in [1.54, 1.807) is 6.92 Å². The number of nitrogens with one attached hydrogen (secondary N) is 1. The van der Waals surface area contributed by atoms with Crippen LogP contribution < -0.4 is 5.32 Å². The lowest BCUT2D eigenvalue weighted by Crippen LogP contribution is -2.13. The molecule has 1 aromatic heterocycles. The third-order valence-electron chi connectivity index (χ3n) is 5.01. The van der Waals surface area contributed by atoms with E-state index in [4.69, 9.17) is 5.26 Å². The quantitative estimate of drug-likeness (QED) is 0.734. The Morgan fingerprint density at radius 1 is 1.19 bits per heavy atom. The molecule has 3 rings (SSSR count). The van der Waals surface area contributed by atoms with Crippen molar-refractivity contribution in [1.29, 1.82) is 5.26 Å². The van der Waals surface area contributed by atoms with Gasteiger partial charge < -0.3 is 5.32 Å². The molecule has 1 aromatic carbocycles. The van der Waals surface area contributed by atoms with Gasteiger partial charge in [-0.15, -0.1) is 0 Å². The van der Waals surface area contributed by atoms with Crippen molar-refractivity contribution < 1.29 is 26.4 Å². The molecule has 162 valence electrons. The Morgan fingerprint density at radius 3 is 2.52 bits per heavy atom. The molecule has 1 aliphatic carbocycles. The Hall–Kier alpha value is -3.19. The number of carbonyl (C=O) groups excluding carboxylic acids is 1. The molecule has 1 unspecified atom stereocenters. The summed E-state index contributed by atoms with van der Waals surface area (Å²) in [5.74, 6) is -0.872. The molecular formula is C21H18F3N3O3S. The third-order valence-corrected chi connectivity index (χ3v) is 6.17. The zero-order chi connectivity index (χ0) is 23.0. The number of ketones is 1. The number of Topliss-reactive ketones (excluding diaryl/α,β-unsaturated/α-hetero) is 1. The highest BCUT2D eigenvalue weighted by atomic mass is 32.2. The number of pyridine rings is 1. The lowest BCUT2D eigenvalue weighted by Gasteiger charge is -2.19. The molecule has 2 aromatic rings. The first-order valence-electron chi connectivity index (χ1n) is 9.22.